The first-order valence-electron chi connectivity index (χ1n) is 9.21. The molecule has 0 unspecified atom stereocenters. The molecule has 156 valence electrons. The number of benzene rings is 2. The van der Waals surface area contributed by atoms with Gasteiger partial charge in [-0.15, -0.1) is 11.8 Å². The van der Waals surface area contributed by atoms with E-state index in [1.807, 2.05) is 12.1 Å². The van der Waals surface area contributed by atoms with Crippen molar-refractivity contribution in [3.63, 3.8) is 0 Å². The Kier molecular flexibility index (Phi) is 6.20. The lowest BCUT2D eigenvalue weighted by atomic mass is 10.3. The Morgan fingerprint density at radius 1 is 1.06 bits per heavy atom. The Balaban J connectivity index is 1.47. The first kappa shape index (κ1) is 20.9. The van der Waals surface area contributed by atoms with E-state index >= 15 is 0 Å². The van der Waals surface area contributed by atoms with Crippen molar-refractivity contribution in [1.29, 1.82) is 0 Å². The Hall–Kier alpha value is -3.36. The monoisotopic (exact) mass is 454 g/mol. The quantitative estimate of drug-likeness (QED) is 0.395. The van der Waals surface area contributed by atoms with Crippen LogP contribution >= 0.6 is 23.4 Å². The van der Waals surface area contributed by atoms with Crippen LogP contribution in [0.15, 0.2) is 82.6 Å². The van der Waals surface area contributed by atoms with E-state index in [2.05, 4.69) is 15.6 Å². The van der Waals surface area contributed by atoms with Crippen molar-refractivity contribution in [2.24, 2.45) is 0 Å². The van der Waals surface area contributed by atoms with Crippen molar-refractivity contribution < 1.29 is 9.18 Å². The second-order valence-corrected chi connectivity index (χ2v) is 7.99. The van der Waals surface area contributed by atoms with Crippen LogP contribution in [0.3, 0.4) is 0 Å². The molecule has 2 amide bonds. The number of halogens is 2. The lowest BCUT2D eigenvalue weighted by Gasteiger charge is -2.12. The minimum atomic E-state index is -0.488. The molecule has 0 aliphatic heterocycles. The molecule has 6 nitrogen and oxygen atoms in total. The van der Waals surface area contributed by atoms with E-state index < -0.39 is 11.8 Å². The van der Waals surface area contributed by atoms with Gasteiger partial charge in [-0.3, -0.25) is 9.20 Å². The van der Waals surface area contributed by atoms with Gasteiger partial charge in [-0.2, -0.15) is 0 Å². The van der Waals surface area contributed by atoms with Crippen LogP contribution in [0.1, 0.15) is 5.69 Å². The molecule has 0 saturated carbocycles. The van der Waals surface area contributed by atoms with Crippen molar-refractivity contribution >= 4 is 46.4 Å². The van der Waals surface area contributed by atoms with Crippen LogP contribution in [0.25, 0.3) is 5.65 Å². The van der Waals surface area contributed by atoms with Crippen molar-refractivity contribution in [1.82, 2.24) is 9.38 Å². The molecule has 0 aliphatic rings. The average molecular weight is 455 g/mol. The van der Waals surface area contributed by atoms with Crippen LogP contribution in [0.5, 0.6) is 0 Å². The molecule has 4 aromatic rings. The van der Waals surface area contributed by atoms with Crippen molar-refractivity contribution in [2.75, 3.05) is 10.6 Å². The summed E-state index contributed by atoms with van der Waals surface area (Å²) in [5.74, 6) is -0.00621. The van der Waals surface area contributed by atoms with E-state index in [-0.39, 0.29) is 5.56 Å². The van der Waals surface area contributed by atoms with Crippen LogP contribution in [0, 0.1) is 5.82 Å². The predicted octanol–water partition coefficient (Wildman–Crippen LogP) is 5.42. The molecule has 0 radical (unpaired) electrons. The predicted molar refractivity (Wildman–Crippen MR) is 122 cm³/mol. The normalized spacial score (nSPS) is 10.8. The molecule has 0 bridgehead atoms. The van der Waals surface area contributed by atoms with Gasteiger partial charge in [-0.1, -0.05) is 29.8 Å². The van der Waals surface area contributed by atoms with Crippen LogP contribution in [0.4, 0.5) is 20.6 Å². The largest absolute Gasteiger partial charge is 0.323 e. The molecule has 0 atom stereocenters. The average Bonchev–Trinajstić information content (AvgIpc) is 2.73. The van der Waals surface area contributed by atoms with Gasteiger partial charge in [-0.05, 0) is 42.5 Å². The van der Waals surface area contributed by atoms with Crippen LogP contribution in [0.2, 0.25) is 5.02 Å². The molecule has 0 spiro atoms. The summed E-state index contributed by atoms with van der Waals surface area (Å²) in [4.78, 5) is 29.9. The maximum Gasteiger partial charge on any atom is 0.323 e. The maximum atomic E-state index is 13.3. The van der Waals surface area contributed by atoms with E-state index in [0.717, 1.165) is 4.90 Å². The number of carbonyl (C=O) groups excluding carboxylic acids is 1. The molecule has 9 heteroatoms. The molecular formula is C22H16ClFN4O2S. The molecule has 0 fully saturated rings. The number of aromatic nitrogens is 2. The molecule has 0 aliphatic carbocycles. The highest BCUT2D eigenvalue weighted by atomic mass is 35.5. The highest BCUT2D eigenvalue weighted by molar-refractivity contribution is 7.98. The summed E-state index contributed by atoms with van der Waals surface area (Å²) in [6, 6.07) is 17.3. The Labute approximate surface area is 186 Å². The Bertz CT molecular complexity index is 1330. The molecule has 0 saturated heterocycles. The molecule has 31 heavy (non-hydrogen) atoms. The number of hydrogen-bond acceptors (Lipinski definition) is 4. The van der Waals surface area contributed by atoms with Gasteiger partial charge in [0.25, 0.3) is 5.56 Å². The fraction of sp³-hybridized carbons (Fsp3) is 0.0455. The highest BCUT2D eigenvalue weighted by Crippen LogP contribution is 2.29. The molecule has 2 aromatic carbocycles. The number of nitrogens with zero attached hydrogens (tertiary/aromatic N) is 2. The topological polar surface area (TPSA) is 75.5 Å². The summed E-state index contributed by atoms with van der Waals surface area (Å²) in [6.07, 6.45) is 1.53. The smallest absolute Gasteiger partial charge is 0.308 e. The van der Waals surface area contributed by atoms with Gasteiger partial charge in [0.15, 0.2) is 0 Å². The zero-order valence-electron chi connectivity index (χ0n) is 16.0. The van der Waals surface area contributed by atoms with E-state index in [1.54, 1.807) is 30.3 Å². The maximum absolute atomic E-state index is 13.3. The number of hydrogen-bond donors (Lipinski definition) is 2. The van der Waals surface area contributed by atoms with E-state index in [9.17, 15) is 14.0 Å². The standard InChI is InChI=1S/C22H16ClFN4O2S/c23-14-8-9-20-25-17(11-21(29)28(20)12-14)13-31-19-7-2-1-6-18(19)27-22(30)26-16-5-3-4-15(24)10-16/h1-12H,13H2,(H2,26,27,30). The number of rotatable bonds is 5. The number of pyridine rings is 1. The first-order valence-corrected chi connectivity index (χ1v) is 10.6. The van der Waals surface area contributed by atoms with Gasteiger partial charge in [0.2, 0.25) is 0 Å². The van der Waals surface area contributed by atoms with Crippen molar-refractivity contribution in [3.8, 4) is 0 Å². The minimum Gasteiger partial charge on any atom is -0.308 e. The summed E-state index contributed by atoms with van der Waals surface area (Å²) < 4.78 is 14.7. The van der Waals surface area contributed by atoms with Gasteiger partial charge >= 0.3 is 6.03 Å². The number of amides is 2. The van der Waals surface area contributed by atoms with Gasteiger partial charge in [0.05, 0.1) is 16.4 Å². The number of para-hydroxylation sites is 1. The minimum absolute atomic E-state index is 0.219. The van der Waals surface area contributed by atoms with Crippen LogP contribution in [-0.4, -0.2) is 15.4 Å². The van der Waals surface area contributed by atoms with Crippen molar-refractivity contribution in [2.45, 2.75) is 10.6 Å². The van der Waals surface area contributed by atoms with Crippen molar-refractivity contribution in [3.05, 3.63) is 99.8 Å². The third kappa shape index (κ3) is 5.22. The van der Waals surface area contributed by atoms with Gasteiger partial charge in [0.1, 0.15) is 11.5 Å². The zero-order valence-corrected chi connectivity index (χ0v) is 17.6. The SMILES string of the molecule is O=C(Nc1cccc(F)c1)Nc1ccccc1SCc1cc(=O)n2cc(Cl)ccc2n1. The Morgan fingerprint density at radius 3 is 2.74 bits per heavy atom. The third-order valence-corrected chi connectivity index (χ3v) is 5.60. The van der Waals surface area contributed by atoms with E-state index in [4.69, 9.17) is 11.6 Å². The molecular weight excluding hydrogens is 439 g/mol. The highest BCUT2D eigenvalue weighted by Gasteiger charge is 2.10. The number of fused-ring (bicyclic) bond motifs is 1. The zero-order chi connectivity index (χ0) is 21.8. The summed E-state index contributed by atoms with van der Waals surface area (Å²) in [7, 11) is 0. The number of thioether (sulfide) groups is 1. The van der Waals surface area contributed by atoms with E-state index in [0.29, 0.717) is 33.5 Å². The first-order chi connectivity index (χ1) is 15.0. The van der Waals surface area contributed by atoms with Gasteiger partial charge in [0, 0.05) is 28.6 Å². The molecule has 2 aromatic heterocycles. The lowest BCUT2D eigenvalue weighted by Crippen LogP contribution is -2.19. The second kappa shape index (κ2) is 9.20. The molecule has 2 N–H and O–H groups in total. The number of carbonyl (C=O) groups is 1. The summed E-state index contributed by atoms with van der Waals surface area (Å²) in [6.45, 7) is 0. The molecule has 2 heterocycles. The second-order valence-electron chi connectivity index (χ2n) is 6.54. The summed E-state index contributed by atoms with van der Waals surface area (Å²) in [5.41, 5.74) is 1.84. The van der Waals surface area contributed by atoms with Gasteiger partial charge < -0.3 is 10.6 Å². The van der Waals surface area contributed by atoms with Gasteiger partial charge in [-0.25, -0.2) is 14.2 Å². The third-order valence-electron chi connectivity index (χ3n) is 4.27. The lowest BCUT2D eigenvalue weighted by molar-refractivity contribution is 0.262. The van der Waals surface area contributed by atoms with E-state index in [1.165, 1.54) is 46.6 Å². The number of nitrogens with one attached hydrogen (secondary N) is 2. The fourth-order valence-electron chi connectivity index (χ4n) is 2.90. The summed E-state index contributed by atoms with van der Waals surface area (Å²) in [5, 5.41) is 5.82. The number of urea groups is 1. The van der Waals surface area contributed by atoms with Crippen LogP contribution in [-0.2, 0) is 5.75 Å². The number of anilines is 2. The van der Waals surface area contributed by atoms with Crippen LogP contribution < -0.4 is 16.2 Å². The fourth-order valence-corrected chi connectivity index (χ4v) is 3.96. The Morgan fingerprint density at radius 2 is 1.90 bits per heavy atom. The summed E-state index contributed by atoms with van der Waals surface area (Å²) >= 11 is 7.37. The molecule has 4 rings (SSSR count).